The van der Waals surface area contributed by atoms with Crippen molar-refractivity contribution in [1.82, 2.24) is 4.98 Å². The molecule has 0 N–H and O–H groups in total. The second kappa shape index (κ2) is 6.06. The quantitative estimate of drug-likeness (QED) is 0.811. The van der Waals surface area contributed by atoms with Crippen molar-refractivity contribution >= 4 is 11.6 Å². The molecule has 1 aliphatic heterocycles. The van der Waals surface area contributed by atoms with Crippen molar-refractivity contribution in [3.8, 4) is 0 Å². The number of aryl methyl sites for hydroxylation is 1. The Bertz CT molecular complexity index is 634. The number of anilines is 1. The Labute approximate surface area is 124 Å². The highest BCUT2D eigenvalue weighted by Gasteiger charge is 2.16. The topological polar surface area (TPSA) is 42.4 Å². The Kier molecular flexibility index (Phi) is 3.97. The van der Waals surface area contributed by atoms with Gasteiger partial charge in [-0.3, -0.25) is 4.79 Å². The Morgan fingerprint density at radius 3 is 2.48 bits per heavy atom. The van der Waals surface area contributed by atoms with E-state index in [1.54, 1.807) is 0 Å². The number of morpholine rings is 1. The van der Waals surface area contributed by atoms with Crippen molar-refractivity contribution in [2.24, 2.45) is 0 Å². The standard InChI is InChI=1S/C17H18N2O2/c1-13-15(17(20)14-5-3-2-4-6-14)7-8-16(18-13)19-9-11-21-12-10-19/h2-8H,9-12H2,1H3. The number of benzene rings is 1. The van der Waals surface area contributed by atoms with E-state index in [9.17, 15) is 4.79 Å². The first kappa shape index (κ1) is 13.8. The van der Waals surface area contributed by atoms with Crippen molar-refractivity contribution < 1.29 is 9.53 Å². The van der Waals surface area contributed by atoms with Gasteiger partial charge in [-0.1, -0.05) is 30.3 Å². The van der Waals surface area contributed by atoms with Crippen LogP contribution in [0.25, 0.3) is 0 Å². The van der Waals surface area contributed by atoms with E-state index >= 15 is 0 Å². The second-order valence-corrected chi connectivity index (χ2v) is 5.10. The highest BCUT2D eigenvalue weighted by molar-refractivity contribution is 6.09. The molecule has 1 fully saturated rings. The van der Waals surface area contributed by atoms with Gasteiger partial charge in [-0.2, -0.15) is 0 Å². The third kappa shape index (κ3) is 2.95. The number of aromatic nitrogens is 1. The first-order valence-corrected chi connectivity index (χ1v) is 7.16. The van der Waals surface area contributed by atoms with Crippen LogP contribution in [0.15, 0.2) is 42.5 Å². The Hall–Kier alpha value is -2.20. The number of rotatable bonds is 3. The summed E-state index contributed by atoms with van der Waals surface area (Å²) in [4.78, 5) is 19.3. The summed E-state index contributed by atoms with van der Waals surface area (Å²) >= 11 is 0. The Balaban J connectivity index is 1.86. The summed E-state index contributed by atoms with van der Waals surface area (Å²) in [7, 11) is 0. The zero-order valence-corrected chi connectivity index (χ0v) is 12.1. The fourth-order valence-electron chi connectivity index (χ4n) is 2.50. The van der Waals surface area contributed by atoms with Gasteiger partial charge in [-0.05, 0) is 19.1 Å². The molecule has 0 radical (unpaired) electrons. The fourth-order valence-corrected chi connectivity index (χ4v) is 2.50. The van der Waals surface area contributed by atoms with Gasteiger partial charge in [0.25, 0.3) is 0 Å². The highest BCUT2D eigenvalue weighted by Crippen LogP contribution is 2.18. The van der Waals surface area contributed by atoms with Crippen molar-refractivity contribution in [3.05, 3.63) is 59.3 Å². The molecule has 0 amide bonds. The van der Waals surface area contributed by atoms with Gasteiger partial charge < -0.3 is 9.64 Å². The fraction of sp³-hybridized carbons (Fsp3) is 0.294. The molecule has 21 heavy (non-hydrogen) atoms. The number of carbonyl (C=O) groups is 1. The van der Waals surface area contributed by atoms with Crippen LogP contribution in [0, 0.1) is 6.92 Å². The molecule has 1 saturated heterocycles. The molecule has 108 valence electrons. The SMILES string of the molecule is Cc1nc(N2CCOCC2)ccc1C(=O)c1ccccc1. The summed E-state index contributed by atoms with van der Waals surface area (Å²) in [6, 6.07) is 13.1. The number of pyridine rings is 1. The van der Waals surface area contributed by atoms with E-state index in [2.05, 4.69) is 9.88 Å². The summed E-state index contributed by atoms with van der Waals surface area (Å²) in [5.74, 6) is 0.939. The summed E-state index contributed by atoms with van der Waals surface area (Å²) in [5, 5.41) is 0. The van der Waals surface area contributed by atoms with Gasteiger partial charge in [-0.15, -0.1) is 0 Å². The normalized spacial score (nSPS) is 15.0. The molecular weight excluding hydrogens is 264 g/mol. The molecule has 1 aliphatic rings. The van der Waals surface area contributed by atoms with Crippen LogP contribution < -0.4 is 4.90 Å². The van der Waals surface area contributed by atoms with E-state index < -0.39 is 0 Å². The predicted octanol–water partition coefficient (Wildman–Crippen LogP) is 2.46. The summed E-state index contributed by atoms with van der Waals surface area (Å²) in [6.07, 6.45) is 0. The molecule has 2 aromatic rings. The van der Waals surface area contributed by atoms with Gasteiger partial charge in [0.1, 0.15) is 5.82 Å². The zero-order valence-electron chi connectivity index (χ0n) is 12.1. The van der Waals surface area contributed by atoms with E-state index in [0.29, 0.717) is 11.1 Å². The summed E-state index contributed by atoms with van der Waals surface area (Å²) in [5.41, 5.74) is 2.13. The molecule has 4 nitrogen and oxygen atoms in total. The molecular formula is C17H18N2O2. The van der Waals surface area contributed by atoms with Gasteiger partial charge in [0.05, 0.1) is 18.9 Å². The first-order valence-electron chi connectivity index (χ1n) is 7.16. The minimum absolute atomic E-state index is 0.0223. The van der Waals surface area contributed by atoms with E-state index in [1.165, 1.54) is 0 Å². The monoisotopic (exact) mass is 282 g/mol. The van der Waals surface area contributed by atoms with E-state index in [1.807, 2.05) is 49.4 Å². The summed E-state index contributed by atoms with van der Waals surface area (Å²) < 4.78 is 5.35. The minimum atomic E-state index is 0.0223. The highest BCUT2D eigenvalue weighted by atomic mass is 16.5. The first-order chi connectivity index (χ1) is 10.3. The predicted molar refractivity (Wildman–Crippen MR) is 81.9 cm³/mol. The maximum atomic E-state index is 12.5. The number of hydrogen-bond acceptors (Lipinski definition) is 4. The van der Waals surface area contributed by atoms with E-state index in [4.69, 9.17) is 4.74 Å². The maximum Gasteiger partial charge on any atom is 0.194 e. The number of carbonyl (C=O) groups excluding carboxylic acids is 1. The number of ether oxygens (including phenoxy) is 1. The van der Waals surface area contributed by atoms with Crippen LogP contribution in [0.1, 0.15) is 21.6 Å². The molecule has 0 bridgehead atoms. The van der Waals surface area contributed by atoms with Gasteiger partial charge in [0.15, 0.2) is 5.78 Å². The number of nitrogens with zero attached hydrogens (tertiary/aromatic N) is 2. The lowest BCUT2D eigenvalue weighted by Gasteiger charge is -2.28. The van der Waals surface area contributed by atoms with E-state index in [-0.39, 0.29) is 5.78 Å². The lowest BCUT2D eigenvalue weighted by Crippen LogP contribution is -2.36. The van der Waals surface area contributed by atoms with Crippen LogP contribution in [0.3, 0.4) is 0 Å². The van der Waals surface area contributed by atoms with Crippen molar-refractivity contribution in [2.45, 2.75) is 6.92 Å². The average molecular weight is 282 g/mol. The van der Waals surface area contributed by atoms with Gasteiger partial charge in [0.2, 0.25) is 0 Å². The van der Waals surface area contributed by atoms with Crippen LogP contribution in [0.2, 0.25) is 0 Å². The molecule has 1 aromatic carbocycles. The molecule has 0 aliphatic carbocycles. The van der Waals surface area contributed by atoms with E-state index in [0.717, 1.165) is 37.8 Å². The minimum Gasteiger partial charge on any atom is -0.378 e. The number of ketones is 1. The molecule has 0 spiro atoms. The van der Waals surface area contributed by atoms with Crippen LogP contribution in [-0.4, -0.2) is 37.1 Å². The third-order valence-electron chi connectivity index (χ3n) is 3.69. The second-order valence-electron chi connectivity index (χ2n) is 5.10. The summed E-state index contributed by atoms with van der Waals surface area (Å²) in [6.45, 7) is 5.04. The van der Waals surface area contributed by atoms with Crippen molar-refractivity contribution in [2.75, 3.05) is 31.2 Å². The smallest absolute Gasteiger partial charge is 0.194 e. The largest absolute Gasteiger partial charge is 0.378 e. The van der Waals surface area contributed by atoms with Gasteiger partial charge >= 0.3 is 0 Å². The zero-order chi connectivity index (χ0) is 14.7. The Morgan fingerprint density at radius 1 is 1.10 bits per heavy atom. The molecule has 3 rings (SSSR count). The maximum absolute atomic E-state index is 12.5. The van der Waals surface area contributed by atoms with Crippen molar-refractivity contribution in [3.63, 3.8) is 0 Å². The molecule has 0 unspecified atom stereocenters. The lowest BCUT2D eigenvalue weighted by atomic mass is 10.0. The van der Waals surface area contributed by atoms with Crippen LogP contribution >= 0.6 is 0 Å². The van der Waals surface area contributed by atoms with Crippen LogP contribution in [0.5, 0.6) is 0 Å². The Morgan fingerprint density at radius 2 is 1.81 bits per heavy atom. The van der Waals surface area contributed by atoms with Gasteiger partial charge in [-0.25, -0.2) is 4.98 Å². The van der Waals surface area contributed by atoms with Gasteiger partial charge in [0, 0.05) is 24.2 Å². The molecule has 1 aromatic heterocycles. The lowest BCUT2D eigenvalue weighted by molar-refractivity contribution is 0.103. The molecule has 0 saturated carbocycles. The third-order valence-corrected chi connectivity index (χ3v) is 3.69. The molecule has 2 heterocycles. The molecule has 4 heteroatoms. The van der Waals surface area contributed by atoms with Crippen LogP contribution in [-0.2, 0) is 4.74 Å². The van der Waals surface area contributed by atoms with Crippen LogP contribution in [0.4, 0.5) is 5.82 Å². The van der Waals surface area contributed by atoms with Crippen molar-refractivity contribution in [1.29, 1.82) is 0 Å². The average Bonchev–Trinajstić information content (AvgIpc) is 2.56. The number of hydrogen-bond donors (Lipinski definition) is 0. The molecule has 0 atom stereocenters.